The van der Waals surface area contributed by atoms with Crippen molar-refractivity contribution in [2.45, 2.75) is 69.6 Å². The normalized spacial score (nSPS) is 21.4. The topological polar surface area (TPSA) is 67.4 Å². The van der Waals surface area contributed by atoms with Gasteiger partial charge in [-0.1, -0.05) is 30.3 Å². The molecule has 2 aliphatic rings. The summed E-state index contributed by atoms with van der Waals surface area (Å²) in [6.45, 7) is 0.798. The van der Waals surface area contributed by atoms with Gasteiger partial charge in [0, 0.05) is 25.5 Å². The first-order valence-corrected chi connectivity index (χ1v) is 9.46. The highest BCUT2D eigenvalue weighted by molar-refractivity contribution is 5.88. The predicted molar refractivity (Wildman–Crippen MR) is 96.1 cm³/mol. The van der Waals surface area contributed by atoms with E-state index in [4.69, 9.17) is 4.74 Å². The molecule has 0 unspecified atom stereocenters. The summed E-state index contributed by atoms with van der Waals surface area (Å²) in [5, 5.41) is 5.94. The van der Waals surface area contributed by atoms with Crippen molar-refractivity contribution < 1.29 is 14.3 Å². The lowest BCUT2D eigenvalue weighted by molar-refractivity contribution is -0.129. The molecule has 2 N–H and O–H groups in total. The minimum atomic E-state index is -0.511. The Morgan fingerprint density at radius 1 is 1.12 bits per heavy atom. The molecular formula is C20H28N2O3. The lowest BCUT2D eigenvalue weighted by atomic mass is 10.0. The molecule has 2 fully saturated rings. The summed E-state index contributed by atoms with van der Waals surface area (Å²) in [7, 11) is 0. The maximum Gasteiger partial charge on any atom is 0.243 e. The number of ether oxygens (including phenoxy) is 1. The Kier molecular flexibility index (Phi) is 6.45. The van der Waals surface area contributed by atoms with Crippen LogP contribution in [0.15, 0.2) is 30.3 Å². The number of amides is 2. The molecule has 1 heterocycles. The smallest absolute Gasteiger partial charge is 0.243 e. The number of benzene rings is 1. The largest absolute Gasteiger partial charge is 0.378 e. The highest BCUT2D eigenvalue weighted by Crippen LogP contribution is 2.19. The summed E-state index contributed by atoms with van der Waals surface area (Å²) >= 11 is 0. The van der Waals surface area contributed by atoms with E-state index in [9.17, 15) is 9.59 Å². The second-order valence-corrected chi connectivity index (χ2v) is 7.12. The molecule has 1 aromatic carbocycles. The molecule has 1 aromatic rings. The van der Waals surface area contributed by atoms with E-state index >= 15 is 0 Å². The van der Waals surface area contributed by atoms with Crippen molar-refractivity contribution in [3.05, 3.63) is 35.9 Å². The summed E-state index contributed by atoms with van der Waals surface area (Å²) in [5.74, 6) is -0.144. The number of hydrogen-bond acceptors (Lipinski definition) is 3. The Morgan fingerprint density at radius 2 is 1.92 bits per heavy atom. The Hall–Kier alpha value is -1.88. The highest BCUT2D eigenvalue weighted by atomic mass is 16.5. The Bertz CT molecular complexity index is 566. The third kappa shape index (κ3) is 6.16. The fourth-order valence-corrected chi connectivity index (χ4v) is 3.18. The van der Waals surface area contributed by atoms with Crippen LogP contribution in [0.5, 0.6) is 0 Å². The summed E-state index contributed by atoms with van der Waals surface area (Å²) < 4.78 is 5.68. The molecule has 0 spiro atoms. The number of rotatable bonds is 8. The van der Waals surface area contributed by atoms with Gasteiger partial charge in [0.15, 0.2) is 0 Å². The van der Waals surface area contributed by atoms with Gasteiger partial charge in [0.05, 0.1) is 6.10 Å². The molecule has 5 nitrogen and oxygen atoms in total. The second-order valence-electron chi connectivity index (χ2n) is 7.12. The van der Waals surface area contributed by atoms with Crippen LogP contribution < -0.4 is 10.6 Å². The summed E-state index contributed by atoms with van der Waals surface area (Å²) in [5.41, 5.74) is 1.05. The van der Waals surface area contributed by atoms with Gasteiger partial charge in [0.25, 0.3) is 0 Å². The van der Waals surface area contributed by atoms with E-state index in [1.54, 1.807) is 0 Å². The van der Waals surface area contributed by atoms with Crippen molar-refractivity contribution in [1.29, 1.82) is 0 Å². The standard InChI is InChI=1S/C20H28N2O3/c23-19(12-11-17-8-4-5-13-25-17)22-18(20(24)21-16-9-10-16)14-15-6-2-1-3-7-15/h1-3,6-7,16-18H,4-5,8-14H2,(H,21,24)(H,22,23)/t17-,18-/m1/s1. The maximum absolute atomic E-state index is 12.5. The van der Waals surface area contributed by atoms with Crippen LogP contribution in [0.4, 0.5) is 0 Å². The van der Waals surface area contributed by atoms with E-state index in [1.807, 2.05) is 30.3 Å². The van der Waals surface area contributed by atoms with E-state index in [0.29, 0.717) is 18.9 Å². The second kappa shape index (κ2) is 8.99. The van der Waals surface area contributed by atoms with Gasteiger partial charge in [0.1, 0.15) is 6.04 Å². The van der Waals surface area contributed by atoms with E-state index in [1.165, 1.54) is 6.42 Å². The molecule has 3 rings (SSSR count). The lowest BCUT2D eigenvalue weighted by Gasteiger charge is -2.23. The quantitative estimate of drug-likeness (QED) is 0.761. The summed E-state index contributed by atoms with van der Waals surface area (Å²) in [6.07, 6.45) is 7.24. The van der Waals surface area contributed by atoms with Gasteiger partial charge in [-0.2, -0.15) is 0 Å². The molecule has 25 heavy (non-hydrogen) atoms. The van der Waals surface area contributed by atoms with E-state index < -0.39 is 6.04 Å². The molecule has 2 atom stereocenters. The van der Waals surface area contributed by atoms with Crippen LogP contribution in [0.1, 0.15) is 50.5 Å². The first-order chi connectivity index (χ1) is 12.2. The van der Waals surface area contributed by atoms with Crippen molar-refractivity contribution >= 4 is 11.8 Å². The van der Waals surface area contributed by atoms with Gasteiger partial charge in [-0.3, -0.25) is 9.59 Å². The molecule has 1 saturated heterocycles. The molecule has 2 amide bonds. The number of hydrogen-bond donors (Lipinski definition) is 2. The van der Waals surface area contributed by atoms with E-state index in [2.05, 4.69) is 10.6 Å². The first kappa shape index (κ1) is 17.9. The average Bonchev–Trinajstić information content (AvgIpc) is 3.45. The van der Waals surface area contributed by atoms with Crippen LogP contribution in [0.25, 0.3) is 0 Å². The fourth-order valence-electron chi connectivity index (χ4n) is 3.18. The lowest BCUT2D eigenvalue weighted by Crippen LogP contribution is -2.48. The monoisotopic (exact) mass is 344 g/mol. The zero-order chi connectivity index (χ0) is 17.5. The zero-order valence-electron chi connectivity index (χ0n) is 14.7. The van der Waals surface area contributed by atoms with Crippen molar-refractivity contribution in [1.82, 2.24) is 10.6 Å². The van der Waals surface area contributed by atoms with Gasteiger partial charge in [-0.05, 0) is 44.1 Å². The third-order valence-corrected chi connectivity index (χ3v) is 4.83. The fraction of sp³-hybridized carbons (Fsp3) is 0.600. The van der Waals surface area contributed by atoms with Crippen LogP contribution >= 0.6 is 0 Å². The van der Waals surface area contributed by atoms with Crippen LogP contribution in [0.2, 0.25) is 0 Å². The van der Waals surface area contributed by atoms with Crippen LogP contribution in [0, 0.1) is 0 Å². The van der Waals surface area contributed by atoms with Gasteiger partial charge in [-0.15, -0.1) is 0 Å². The van der Waals surface area contributed by atoms with Crippen molar-refractivity contribution in [3.8, 4) is 0 Å². The van der Waals surface area contributed by atoms with Gasteiger partial charge in [0.2, 0.25) is 11.8 Å². The van der Waals surface area contributed by atoms with Crippen molar-refractivity contribution in [2.75, 3.05) is 6.61 Å². The molecule has 1 saturated carbocycles. The minimum Gasteiger partial charge on any atom is -0.378 e. The van der Waals surface area contributed by atoms with Crippen LogP contribution in [-0.2, 0) is 20.7 Å². The number of nitrogens with one attached hydrogen (secondary N) is 2. The molecule has 1 aliphatic heterocycles. The van der Waals surface area contributed by atoms with Gasteiger partial charge >= 0.3 is 0 Å². The predicted octanol–water partition coefficient (Wildman–Crippen LogP) is 2.34. The SMILES string of the molecule is O=C(CC[C@H]1CCCCO1)N[C@H](Cc1ccccc1)C(=O)NC1CC1. The van der Waals surface area contributed by atoms with Crippen LogP contribution in [-0.4, -0.2) is 36.6 Å². The van der Waals surface area contributed by atoms with Gasteiger partial charge < -0.3 is 15.4 Å². The summed E-state index contributed by atoms with van der Waals surface area (Å²) in [4.78, 5) is 24.8. The Balaban J connectivity index is 1.52. The third-order valence-electron chi connectivity index (χ3n) is 4.83. The molecule has 5 heteroatoms. The minimum absolute atomic E-state index is 0.0685. The molecular weight excluding hydrogens is 316 g/mol. The van der Waals surface area contributed by atoms with Gasteiger partial charge in [-0.25, -0.2) is 0 Å². The van der Waals surface area contributed by atoms with E-state index in [-0.39, 0.29) is 17.9 Å². The van der Waals surface area contributed by atoms with E-state index in [0.717, 1.165) is 44.3 Å². The molecule has 0 radical (unpaired) electrons. The Morgan fingerprint density at radius 3 is 2.60 bits per heavy atom. The number of carbonyl (C=O) groups excluding carboxylic acids is 2. The molecule has 0 bridgehead atoms. The molecule has 0 aromatic heterocycles. The van der Waals surface area contributed by atoms with Crippen LogP contribution in [0.3, 0.4) is 0 Å². The molecule has 136 valence electrons. The maximum atomic E-state index is 12.5. The Labute approximate surface area is 149 Å². The summed E-state index contributed by atoms with van der Waals surface area (Å²) in [6, 6.07) is 9.60. The van der Waals surface area contributed by atoms with Crippen molar-refractivity contribution in [3.63, 3.8) is 0 Å². The zero-order valence-corrected chi connectivity index (χ0v) is 14.7. The molecule has 1 aliphatic carbocycles. The highest BCUT2D eigenvalue weighted by Gasteiger charge is 2.28. The first-order valence-electron chi connectivity index (χ1n) is 9.46. The number of carbonyl (C=O) groups is 2. The van der Waals surface area contributed by atoms with Crippen molar-refractivity contribution in [2.24, 2.45) is 0 Å². The average molecular weight is 344 g/mol.